The smallest absolute Gasteiger partial charge is 0.268 e. The largest absolute Gasteiger partial charge is 0.278 e. The average molecular weight is 467 g/mol. The molecule has 7 nitrogen and oxygen atoms in total. The van der Waals surface area contributed by atoms with Crippen LogP contribution in [0.4, 0.5) is 5.82 Å². The molecule has 0 bridgehead atoms. The van der Waals surface area contributed by atoms with E-state index in [1.807, 2.05) is 0 Å². The standard InChI is InChI=1S/C23H18N2O5S2/c26-23(19-11-4-1-5-12-19)24-18-10-17-22(24)25(31(27,28)20-13-6-2-7-14-20)32(29,30)21-15-8-3-9-16-21/h1-18H. The lowest BCUT2D eigenvalue weighted by atomic mass is 10.2. The molecule has 0 spiro atoms. The van der Waals surface area contributed by atoms with Gasteiger partial charge in [0.2, 0.25) is 0 Å². The summed E-state index contributed by atoms with van der Waals surface area (Å²) in [5.41, 5.74) is 0.277. The summed E-state index contributed by atoms with van der Waals surface area (Å²) in [7, 11) is -9.19. The molecule has 0 saturated heterocycles. The number of carbonyl (C=O) groups is 1. The van der Waals surface area contributed by atoms with Crippen LogP contribution in [0.1, 0.15) is 10.4 Å². The Kier molecular flexibility index (Phi) is 5.68. The molecule has 0 saturated carbocycles. The van der Waals surface area contributed by atoms with E-state index in [2.05, 4.69) is 0 Å². The Morgan fingerprint density at radius 3 is 1.50 bits per heavy atom. The first-order valence-electron chi connectivity index (χ1n) is 9.51. The van der Waals surface area contributed by atoms with Crippen molar-refractivity contribution in [2.45, 2.75) is 9.79 Å². The fourth-order valence-corrected chi connectivity index (χ4v) is 6.89. The normalized spacial score (nSPS) is 11.8. The number of hydrogen-bond acceptors (Lipinski definition) is 5. The number of rotatable bonds is 6. The van der Waals surface area contributed by atoms with E-state index in [1.54, 1.807) is 42.5 Å². The quantitative estimate of drug-likeness (QED) is 0.431. The maximum absolute atomic E-state index is 13.6. The van der Waals surface area contributed by atoms with Crippen LogP contribution in [-0.4, -0.2) is 27.3 Å². The van der Waals surface area contributed by atoms with Crippen LogP contribution in [0.25, 0.3) is 0 Å². The second-order valence-electron chi connectivity index (χ2n) is 6.74. The maximum atomic E-state index is 13.6. The molecule has 0 aliphatic heterocycles. The molecular weight excluding hydrogens is 448 g/mol. The summed E-state index contributed by atoms with van der Waals surface area (Å²) in [5, 5.41) is 0. The third kappa shape index (κ3) is 3.83. The fourth-order valence-electron chi connectivity index (χ4n) is 3.16. The predicted octanol–water partition coefficient (Wildman–Crippen LogP) is 3.76. The molecule has 4 aromatic rings. The minimum Gasteiger partial charge on any atom is -0.268 e. The molecule has 0 aliphatic carbocycles. The second kappa shape index (κ2) is 8.45. The molecule has 1 aromatic heterocycles. The van der Waals surface area contributed by atoms with E-state index in [9.17, 15) is 21.6 Å². The molecule has 0 fully saturated rings. The van der Waals surface area contributed by atoms with E-state index < -0.39 is 26.0 Å². The number of aromatic nitrogens is 1. The lowest BCUT2D eigenvalue weighted by Gasteiger charge is -2.24. The first-order chi connectivity index (χ1) is 15.3. The van der Waals surface area contributed by atoms with Crippen LogP contribution in [-0.2, 0) is 20.0 Å². The molecule has 0 amide bonds. The summed E-state index contributed by atoms with van der Waals surface area (Å²) in [6.07, 6.45) is 1.33. The van der Waals surface area contributed by atoms with Crippen molar-refractivity contribution in [3.63, 3.8) is 0 Å². The predicted molar refractivity (Wildman–Crippen MR) is 120 cm³/mol. The lowest BCUT2D eigenvalue weighted by Crippen LogP contribution is -2.39. The number of anilines is 1. The molecule has 32 heavy (non-hydrogen) atoms. The third-order valence-corrected chi connectivity index (χ3v) is 8.83. The van der Waals surface area contributed by atoms with Gasteiger partial charge < -0.3 is 0 Å². The summed E-state index contributed by atoms with van der Waals surface area (Å²) in [6.45, 7) is 0. The van der Waals surface area contributed by atoms with Gasteiger partial charge in [-0.2, -0.15) is 16.8 Å². The Morgan fingerprint density at radius 2 is 1.03 bits per heavy atom. The molecule has 0 N–H and O–H groups in total. The SMILES string of the molecule is O=C(c1ccccc1)n1cccc1N(S(=O)(=O)c1ccccc1)S(=O)(=O)c1ccccc1. The number of sulfonamides is 2. The third-order valence-electron chi connectivity index (χ3n) is 4.67. The molecule has 1 heterocycles. The van der Waals surface area contributed by atoms with E-state index >= 15 is 0 Å². The van der Waals surface area contributed by atoms with Crippen LogP contribution in [0.3, 0.4) is 0 Å². The summed E-state index contributed by atoms with van der Waals surface area (Å²) in [5.74, 6) is -0.881. The monoisotopic (exact) mass is 466 g/mol. The van der Waals surface area contributed by atoms with Gasteiger partial charge in [-0.05, 0) is 48.5 Å². The van der Waals surface area contributed by atoms with Crippen molar-refractivity contribution in [1.82, 2.24) is 4.57 Å². The van der Waals surface area contributed by atoms with E-state index in [0.717, 1.165) is 4.57 Å². The molecule has 0 atom stereocenters. The van der Waals surface area contributed by atoms with Crippen molar-refractivity contribution >= 4 is 31.8 Å². The first-order valence-corrected chi connectivity index (χ1v) is 12.4. The summed E-state index contributed by atoms with van der Waals surface area (Å²) in [4.78, 5) is 12.7. The highest BCUT2D eigenvalue weighted by Gasteiger charge is 2.39. The Labute approximate surface area is 186 Å². The first kappa shape index (κ1) is 21.5. The van der Waals surface area contributed by atoms with Crippen LogP contribution < -0.4 is 3.71 Å². The van der Waals surface area contributed by atoms with Gasteiger partial charge >= 0.3 is 0 Å². The van der Waals surface area contributed by atoms with Crippen LogP contribution in [0.2, 0.25) is 0 Å². The molecule has 4 rings (SSSR count). The summed E-state index contributed by atoms with van der Waals surface area (Å²) >= 11 is 0. The van der Waals surface area contributed by atoms with Crippen molar-refractivity contribution in [1.29, 1.82) is 0 Å². The van der Waals surface area contributed by atoms with E-state index in [-0.39, 0.29) is 21.2 Å². The molecule has 3 aromatic carbocycles. The molecule has 0 aliphatic rings. The van der Waals surface area contributed by atoms with Crippen LogP contribution in [0.5, 0.6) is 0 Å². The van der Waals surface area contributed by atoms with Crippen LogP contribution >= 0.6 is 0 Å². The second-order valence-corrected chi connectivity index (χ2v) is 10.5. The highest BCUT2D eigenvalue weighted by molar-refractivity contribution is 8.10. The Hall–Kier alpha value is -3.69. The van der Waals surface area contributed by atoms with Crippen molar-refractivity contribution in [2.24, 2.45) is 0 Å². The average Bonchev–Trinajstić information content (AvgIpc) is 3.29. The summed E-state index contributed by atoms with van der Waals surface area (Å²) < 4.78 is 55.7. The van der Waals surface area contributed by atoms with Crippen molar-refractivity contribution in [3.05, 3.63) is 115 Å². The number of carbonyl (C=O) groups excluding carboxylic acids is 1. The highest BCUT2D eigenvalue weighted by atomic mass is 32.3. The maximum Gasteiger partial charge on any atom is 0.278 e. The Morgan fingerprint density at radius 1 is 0.594 bits per heavy atom. The van der Waals surface area contributed by atoms with Gasteiger partial charge in [0, 0.05) is 11.8 Å². The van der Waals surface area contributed by atoms with Gasteiger partial charge in [0.15, 0.2) is 0 Å². The number of hydrogen-bond donors (Lipinski definition) is 0. The van der Waals surface area contributed by atoms with Gasteiger partial charge in [-0.15, -0.1) is 3.71 Å². The van der Waals surface area contributed by atoms with Gasteiger partial charge in [0.05, 0.1) is 9.79 Å². The minimum atomic E-state index is -4.60. The molecule has 0 unspecified atom stereocenters. The topological polar surface area (TPSA) is 93.5 Å². The fraction of sp³-hybridized carbons (Fsp3) is 0. The van der Waals surface area contributed by atoms with Gasteiger partial charge in [-0.3, -0.25) is 9.36 Å². The van der Waals surface area contributed by atoms with Crippen LogP contribution in [0, 0.1) is 0 Å². The number of benzene rings is 3. The zero-order valence-electron chi connectivity index (χ0n) is 16.6. The zero-order valence-corrected chi connectivity index (χ0v) is 18.3. The summed E-state index contributed by atoms with van der Waals surface area (Å²) in [6, 6.07) is 25.3. The van der Waals surface area contributed by atoms with E-state index in [4.69, 9.17) is 0 Å². The molecule has 9 heteroatoms. The van der Waals surface area contributed by atoms with Gasteiger partial charge in [-0.1, -0.05) is 54.6 Å². The highest BCUT2D eigenvalue weighted by Crippen LogP contribution is 2.31. The zero-order chi connectivity index (χ0) is 22.8. The van der Waals surface area contributed by atoms with Crippen molar-refractivity contribution in [3.8, 4) is 0 Å². The van der Waals surface area contributed by atoms with E-state index in [0.29, 0.717) is 3.71 Å². The Balaban J connectivity index is 1.95. The molecular formula is C23H18N2O5S2. The van der Waals surface area contributed by atoms with Gasteiger partial charge in [0.25, 0.3) is 26.0 Å². The van der Waals surface area contributed by atoms with Crippen LogP contribution in [0.15, 0.2) is 119 Å². The van der Waals surface area contributed by atoms with E-state index in [1.165, 1.54) is 66.9 Å². The minimum absolute atomic E-state index is 0.223. The van der Waals surface area contributed by atoms with Gasteiger partial charge in [0.1, 0.15) is 5.82 Å². The molecule has 162 valence electrons. The van der Waals surface area contributed by atoms with Gasteiger partial charge in [-0.25, -0.2) is 0 Å². The molecule has 0 radical (unpaired) electrons. The lowest BCUT2D eigenvalue weighted by molar-refractivity contribution is 0.0962. The van der Waals surface area contributed by atoms with Crippen molar-refractivity contribution < 1.29 is 21.6 Å². The Bertz CT molecular complexity index is 1380. The van der Waals surface area contributed by atoms with Crippen molar-refractivity contribution in [2.75, 3.05) is 3.71 Å². The number of nitrogens with zero attached hydrogens (tertiary/aromatic N) is 2.